The van der Waals surface area contributed by atoms with Crippen LogP contribution in [-0.4, -0.2) is 45.6 Å². The standard InChI is InChI=1S/C25H24N4O3/c30-23(12-16-31-21-6-2-1-3-7-21)29-14-10-18(11-15-29)25-27-24(28-32-25)20-8-9-22-19(17-20)5-4-13-26-22/h1-9,13,17-18H,10-12,14-16H2. The molecule has 7 nitrogen and oxygen atoms in total. The molecule has 32 heavy (non-hydrogen) atoms. The summed E-state index contributed by atoms with van der Waals surface area (Å²) in [5.74, 6) is 2.31. The summed E-state index contributed by atoms with van der Waals surface area (Å²) in [6, 6.07) is 19.4. The number of para-hydroxylation sites is 1. The average Bonchev–Trinajstić information content (AvgIpc) is 3.35. The normalized spacial score (nSPS) is 14.6. The number of benzene rings is 2. The molecule has 162 valence electrons. The summed E-state index contributed by atoms with van der Waals surface area (Å²) in [5.41, 5.74) is 1.85. The van der Waals surface area contributed by atoms with E-state index in [-0.39, 0.29) is 11.8 Å². The highest BCUT2D eigenvalue weighted by molar-refractivity contribution is 5.83. The fourth-order valence-electron chi connectivity index (χ4n) is 4.04. The Morgan fingerprint density at radius 3 is 2.75 bits per heavy atom. The third kappa shape index (κ3) is 4.46. The van der Waals surface area contributed by atoms with Crippen LogP contribution in [0.5, 0.6) is 5.75 Å². The number of pyridine rings is 1. The third-order valence-corrected chi connectivity index (χ3v) is 5.83. The lowest BCUT2D eigenvalue weighted by molar-refractivity contribution is -0.132. The molecule has 0 N–H and O–H groups in total. The Hall–Kier alpha value is -3.74. The Morgan fingerprint density at radius 2 is 1.91 bits per heavy atom. The second kappa shape index (κ2) is 9.18. The fourth-order valence-corrected chi connectivity index (χ4v) is 4.04. The minimum atomic E-state index is 0.121. The maximum atomic E-state index is 12.5. The lowest BCUT2D eigenvalue weighted by Crippen LogP contribution is -2.38. The van der Waals surface area contributed by atoms with Crippen molar-refractivity contribution in [3.63, 3.8) is 0 Å². The molecule has 0 spiro atoms. The number of aromatic nitrogens is 3. The Morgan fingerprint density at radius 1 is 1.06 bits per heavy atom. The van der Waals surface area contributed by atoms with Crippen LogP contribution in [0.3, 0.4) is 0 Å². The Kier molecular flexibility index (Phi) is 5.79. The van der Waals surface area contributed by atoms with Crippen LogP contribution in [0.25, 0.3) is 22.3 Å². The highest BCUT2D eigenvalue weighted by Crippen LogP contribution is 2.29. The van der Waals surface area contributed by atoms with Crippen molar-refractivity contribution in [2.75, 3.05) is 19.7 Å². The number of fused-ring (bicyclic) bond motifs is 1. The van der Waals surface area contributed by atoms with Crippen molar-refractivity contribution < 1.29 is 14.1 Å². The molecule has 1 amide bonds. The Bertz CT molecular complexity index is 1200. The van der Waals surface area contributed by atoms with Gasteiger partial charge in [-0.3, -0.25) is 9.78 Å². The second-order valence-corrected chi connectivity index (χ2v) is 7.93. The minimum Gasteiger partial charge on any atom is -0.493 e. The zero-order valence-corrected chi connectivity index (χ0v) is 17.7. The quantitative estimate of drug-likeness (QED) is 0.451. The van der Waals surface area contributed by atoms with E-state index in [0.717, 1.165) is 35.1 Å². The van der Waals surface area contributed by atoms with E-state index in [1.165, 1.54) is 0 Å². The first-order valence-corrected chi connectivity index (χ1v) is 10.9. The topological polar surface area (TPSA) is 81.4 Å². The van der Waals surface area contributed by atoms with E-state index in [4.69, 9.17) is 9.26 Å². The summed E-state index contributed by atoms with van der Waals surface area (Å²) in [5, 5.41) is 5.23. The van der Waals surface area contributed by atoms with E-state index in [1.807, 2.05) is 65.6 Å². The van der Waals surface area contributed by atoms with Crippen molar-refractivity contribution in [3.05, 3.63) is 72.8 Å². The van der Waals surface area contributed by atoms with E-state index < -0.39 is 0 Å². The number of likely N-dealkylation sites (tertiary alicyclic amines) is 1. The molecule has 0 atom stereocenters. The number of carbonyl (C=O) groups excluding carboxylic acids is 1. The van der Waals surface area contributed by atoms with Gasteiger partial charge in [0.05, 0.1) is 18.5 Å². The van der Waals surface area contributed by atoms with Crippen molar-refractivity contribution in [1.82, 2.24) is 20.0 Å². The highest BCUT2D eigenvalue weighted by Gasteiger charge is 2.27. The summed E-state index contributed by atoms with van der Waals surface area (Å²) >= 11 is 0. The van der Waals surface area contributed by atoms with E-state index in [0.29, 0.717) is 37.8 Å². The number of ether oxygens (including phenoxy) is 1. The molecule has 0 saturated carbocycles. The molecule has 0 unspecified atom stereocenters. The molecule has 1 fully saturated rings. The predicted molar refractivity (Wildman–Crippen MR) is 120 cm³/mol. The van der Waals surface area contributed by atoms with Crippen LogP contribution in [-0.2, 0) is 4.79 Å². The largest absolute Gasteiger partial charge is 0.493 e. The molecule has 1 saturated heterocycles. The predicted octanol–water partition coefficient (Wildman–Crippen LogP) is 4.46. The van der Waals surface area contributed by atoms with E-state index in [1.54, 1.807) is 6.20 Å². The molecule has 4 aromatic rings. The summed E-state index contributed by atoms with van der Waals surface area (Å²) in [6.45, 7) is 1.76. The average molecular weight is 428 g/mol. The summed E-state index contributed by atoms with van der Waals surface area (Å²) < 4.78 is 11.2. The molecule has 2 aromatic heterocycles. The molecular formula is C25H24N4O3. The maximum Gasteiger partial charge on any atom is 0.230 e. The lowest BCUT2D eigenvalue weighted by atomic mass is 9.96. The van der Waals surface area contributed by atoms with Crippen molar-refractivity contribution in [2.24, 2.45) is 0 Å². The lowest BCUT2D eigenvalue weighted by Gasteiger charge is -2.30. The first-order valence-electron chi connectivity index (χ1n) is 10.9. The van der Waals surface area contributed by atoms with Crippen LogP contribution >= 0.6 is 0 Å². The molecular weight excluding hydrogens is 404 g/mol. The molecule has 0 radical (unpaired) electrons. The van der Waals surface area contributed by atoms with Gasteiger partial charge in [-0.2, -0.15) is 4.98 Å². The van der Waals surface area contributed by atoms with Gasteiger partial charge >= 0.3 is 0 Å². The number of amides is 1. The number of hydrogen-bond acceptors (Lipinski definition) is 6. The van der Waals surface area contributed by atoms with Crippen LogP contribution in [0.4, 0.5) is 0 Å². The highest BCUT2D eigenvalue weighted by atomic mass is 16.5. The number of hydrogen-bond donors (Lipinski definition) is 0. The summed E-state index contributed by atoms with van der Waals surface area (Å²) in [6.07, 6.45) is 3.78. The van der Waals surface area contributed by atoms with Gasteiger partial charge in [0.25, 0.3) is 0 Å². The molecule has 1 aliphatic heterocycles. The molecule has 7 heteroatoms. The van der Waals surface area contributed by atoms with Gasteiger partial charge < -0.3 is 14.2 Å². The van der Waals surface area contributed by atoms with Crippen molar-refractivity contribution >= 4 is 16.8 Å². The first-order chi connectivity index (χ1) is 15.8. The second-order valence-electron chi connectivity index (χ2n) is 7.93. The van der Waals surface area contributed by atoms with Crippen LogP contribution < -0.4 is 4.74 Å². The van der Waals surface area contributed by atoms with E-state index >= 15 is 0 Å². The van der Waals surface area contributed by atoms with Gasteiger partial charge in [-0.1, -0.05) is 29.4 Å². The number of nitrogens with zero attached hydrogens (tertiary/aromatic N) is 4. The summed E-state index contributed by atoms with van der Waals surface area (Å²) in [4.78, 5) is 23.4. The third-order valence-electron chi connectivity index (χ3n) is 5.83. The smallest absolute Gasteiger partial charge is 0.230 e. The first kappa shape index (κ1) is 20.2. The Labute approximate surface area is 186 Å². The molecule has 2 aromatic carbocycles. The van der Waals surface area contributed by atoms with Crippen molar-refractivity contribution in [3.8, 4) is 17.1 Å². The van der Waals surface area contributed by atoms with Gasteiger partial charge in [0.2, 0.25) is 17.6 Å². The number of rotatable bonds is 6. The number of carbonyl (C=O) groups is 1. The number of piperidine rings is 1. The molecule has 1 aliphatic rings. The van der Waals surface area contributed by atoms with E-state index in [2.05, 4.69) is 15.1 Å². The fraction of sp³-hybridized carbons (Fsp3) is 0.280. The molecule has 0 bridgehead atoms. The van der Waals surface area contributed by atoms with Gasteiger partial charge in [0.1, 0.15) is 5.75 Å². The van der Waals surface area contributed by atoms with Gasteiger partial charge in [0.15, 0.2) is 0 Å². The monoisotopic (exact) mass is 428 g/mol. The van der Waals surface area contributed by atoms with Gasteiger partial charge in [-0.25, -0.2) is 0 Å². The molecule has 3 heterocycles. The zero-order valence-electron chi connectivity index (χ0n) is 17.7. The molecule has 5 rings (SSSR count). The van der Waals surface area contributed by atoms with Gasteiger partial charge in [-0.05, 0) is 49.2 Å². The van der Waals surface area contributed by atoms with E-state index in [9.17, 15) is 4.79 Å². The summed E-state index contributed by atoms with van der Waals surface area (Å²) in [7, 11) is 0. The van der Waals surface area contributed by atoms with Gasteiger partial charge in [-0.15, -0.1) is 0 Å². The van der Waals surface area contributed by atoms with Gasteiger partial charge in [0, 0.05) is 36.2 Å². The molecule has 0 aliphatic carbocycles. The Balaban J connectivity index is 1.15. The SMILES string of the molecule is O=C(CCOc1ccccc1)N1CCC(c2nc(-c3ccc4ncccc4c3)no2)CC1. The van der Waals surface area contributed by atoms with Crippen LogP contribution in [0.2, 0.25) is 0 Å². The van der Waals surface area contributed by atoms with Crippen LogP contribution in [0, 0.1) is 0 Å². The van der Waals surface area contributed by atoms with Crippen molar-refractivity contribution in [1.29, 1.82) is 0 Å². The van der Waals surface area contributed by atoms with Crippen molar-refractivity contribution in [2.45, 2.75) is 25.2 Å². The van der Waals surface area contributed by atoms with Crippen LogP contribution in [0.15, 0.2) is 71.4 Å². The minimum absolute atomic E-state index is 0.121. The maximum absolute atomic E-state index is 12.5. The van der Waals surface area contributed by atoms with Crippen LogP contribution in [0.1, 0.15) is 31.1 Å². The zero-order chi connectivity index (χ0) is 21.8.